The first kappa shape index (κ1) is 8.61. The second-order valence-electron chi connectivity index (χ2n) is 4.47. The highest BCUT2D eigenvalue weighted by atomic mass is 16.5. The maximum atomic E-state index is 5.90. The number of hydrogen-bond acceptors (Lipinski definition) is 1. The third-order valence-electron chi connectivity index (χ3n) is 2.61. The lowest BCUT2D eigenvalue weighted by atomic mass is 9.94. The van der Waals surface area contributed by atoms with Gasteiger partial charge in [0.1, 0.15) is 11.4 Å². The largest absolute Gasteiger partial charge is 0.488 e. The molecule has 2 rings (SSSR count). The van der Waals surface area contributed by atoms with Gasteiger partial charge in [0.05, 0.1) is 0 Å². The molecule has 1 heteroatoms. The predicted molar refractivity (Wildman–Crippen MR) is 54.2 cm³/mol. The van der Waals surface area contributed by atoms with E-state index in [1.54, 1.807) is 0 Å². The van der Waals surface area contributed by atoms with Crippen molar-refractivity contribution in [3.63, 3.8) is 0 Å². The molecule has 0 N–H and O–H groups in total. The molecule has 0 bridgehead atoms. The summed E-state index contributed by atoms with van der Waals surface area (Å²) in [6.45, 7) is 6.40. The molecule has 0 atom stereocenters. The maximum absolute atomic E-state index is 5.90. The van der Waals surface area contributed by atoms with Crippen molar-refractivity contribution in [3.05, 3.63) is 29.3 Å². The average molecular weight is 176 g/mol. The fraction of sp³-hybridized carbons (Fsp3) is 0.500. The van der Waals surface area contributed by atoms with Gasteiger partial charge in [-0.05, 0) is 50.8 Å². The van der Waals surface area contributed by atoms with Crippen molar-refractivity contribution in [2.75, 3.05) is 0 Å². The Bertz CT molecular complexity index is 326. The van der Waals surface area contributed by atoms with Crippen LogP contribution >= 0.6 is 0 Å². The highest BCUT2D eigenvalue weighted by Gasteiger charge is 2.25. The van der Waals surface area contributed by atoms with E-state index in [4.69, 9.17) is 4.74 Å². The van der Waals surface area contributed by atoms with Crippen LogP contribution in [0.15, 0.2) is 18.2 Å². The summed E-state index contributed by atoms with van der Waals surface area (Å²) in [5.41, 5.74) is 2.64. The molecule has 0 aromatic heterocycles. The van der Waals surface area contributed by atoms with E-state index in [9.17, 15) is 0 Å². The molecule has 0 aliphatic carbocycles. The Balaban J connectivity index is 2.38. The van der Waals surface area contributed by atoms with Gasteiger partial charge in [0.2, 0.25) is 0 Å². The maximum Gasteiger partial charge on any atom is 0.123 e. The fourth-order valence-electron chi connectivity index (χ4n) is 1.75. The molecule has 0 unspecified atom stereocenters. The number of aryl methyl sites for hydroxylation is 2. The van der Waals surface area contributed by atoms with Gasteiger partial charge in [-0.2, -0.15) is 0 Å². The van der Waals surface area contributed by atoms with Crippen LogP contribution in [0.5, 0.6) is 5.75 Å². The molecule has 13 heavy (non-hydrogen) atoms. The van der Waals surface area contributed by atoms with Crippen LogP contribution in [0.3, 0.4) is 0 Å². The summed E-state index contributed by atoms with van der Waals surface area (Å²) < 4.78 is 5.90. The third kappa shape index (κ3) is 1.69. The lowest BCUT2D eigenvalue weighted by molar-refractivity contribution is 0.0846. The van der Waals surface area contributed by atoms with Gasteiger partial charge in [-0.1, -0.05) is 12.1 Å². The summed E-state index contributed by atoms with van der Waals surface area (Å²) in [7, 11) is 0. The Morgan fingerprint density at radius 3 is 2.85 bits per heavy atom. The van der Waals surface area contributed by atoms with E-state index in [0.717, 1.165) is 18.6 Å². The predicted octanol–water partition coefficient (Wildman–Crippen LogP) is 3.10. The molecule has 70 valence electrons. The van der Waals surface area contributed by atoms with Crippen molar-refractivity contribution in [2.45, 2.75) is 39.2 Å². The van der Waals surface area contributed by atoms with E-state index in [0.29, 0.717) is 0 Å². The SMILES string of the molecule is Cc1ccc2c(c1)OC(C)(C)CC2. The second-order valence-corrected chi connectivity index (χ2v) is 4.47. The minimum Gasteiger partial charge on any atom is -0.488 e. The zero-order chi connectivity index (χ0) is 9.47. The third-order valence-corrected chi connectivity index (χ3v) is 2.61. The number of hydrogen-bond donors (Lipinski definition) is 0. The molecule has 1 heterocycles. The Kier molecular flexibility index (Phi) is 1.83. The van der Waals surface area contributed by atoms with Crippen molar-refractivity contribution in [1.82, 2.24) is 0 Å². The lowest BCUT2D eigenvalue weighted by Crippen LogP contribution is -2.32. The van der Waals surface area contributed by atoms with E-state index in [2.05, 4.69) is 39.0 Å². The van der Waals surface area contributed by atoms with Gasteiger partial charge in [0.15, 0.2) is 0 Å². The Morgan fingerprint density at radius 1 is 1.31 bits per heavy atom. The van der Waals surface area contributed by atoms with E-state index < -0.39 is 0 Å². The topological polar surface area (TPSA) is 9.23 Å². The molecule has 1 aliphatic heterocycles. The molecule has 0 saturated carbocycles. The summed E-state index contributed by atoms with van der Waals surface area (Å²) in [5.74, 6) is 1.08. The lowest BCUT2D eigenvalue weighted by Gasteiger charge is -2.32. The van der Waals surface area contributed by atoms with Crippen LogP contribution in [-0.2, 0) is 6.42 Å². The first-order valence-electron chi connectivity index (χ1n) is 4.85. The first-order valence-corrected chi connectivity index (χ1v) is 4.85. The molecule has 1 aromatic carbocycles. The van der Waals surface area contributed by atoms with Gasteiger partial charge in [0, 0.05) is 0 Å². The minimum atomic E-state index is 0.0147. The molecule has 0 amide bonds. The van der Waals surface area contributed by atoms with Gasteiger partial charge < -0.3 is 4.74 Å². The first-order chi connectivity index (χ1) is 6.07. The van der Waals surface area contributed by atoms with Crippen molar-refractivity contribution < 1.29 is 4.74 Å². The van der Waals surface area contributed by atoms with Crippen LogP contribution in [0.2, 0.25) is 0 Å². The molecular formula is C12H16O. The normalized spacial score (nSPS) is 19.0. The second kappa shape index (κ2) is 2.76. The fourth-order valence-corrected chi connectivity index (χ4v) is 1.75. The molecule has 1 aliphatic rings. The molecular weight excluding hydrogens is 160 g/mol. The van der Waals surface area contributed by atoms with Crippen molar-refractivity contribution in [2.24, 2.45) is 0 Å². The molecule has 0 spiro atoms. The Hall–Kier alpha value is -0.980. The summed E-state index contributed by atoms with van der Waals surface area (Å²) in [4.78, 5) is 0. The van der Waals surface area contributed by atoms with Gasteiger partial charge in [-0.15, -0.1) is 0 Å². The molecule has 0 fully saturated rings. The van der Waals surface area contributed by atoms with Crippen LogP contribution in [0.25, 0.3) is 0 Å². The van der Waals surface area contributed by atoms with Crippen molar-refractivity contribution in [1.29, 1.82) is 0 Å². The highest BCUT2D eigenvalue weighted by molar-refractivity contribution is 5.39. The van der Waals surface area contributed by atoms with Crippen LogP contribution in [0, 0.1) is 6.92 Å². The number of ether oxygens (including phenoxy) is 1. The molecule has 0 saturated heterocycles. The molecule has 1 aromatic rings. The molecule has 1 nitrogen and oxygen atoms in total. The summed E-state index contributed by atoms with van der Waals surface area (Å²) in [6.07, 6.45) is 2.26. The average Bonchev–Trinajstić information content (AvgIpc) is 2.01. The van der Waals surface area contributed by atoms with Gasteiger partial charge >= 0.3 is 0 Å². The monoisotopic (exact) mass is 176 g/mol. The van der Waals surface area contributed by atoms with Crippen LogP contribution in [-0.4, -0.2) is 5.60 Å². The van der Waals surface area contributed by atoms with E-state index >= 15 is 0 Å². The van der Waals surface area contributed by atoms with Crippen molar-refractivity contribution in [3.8, 4) is 5.75 Å². The quantitative estimate of drug-likeness (QED) is 0.590. The standard InChI is InChI=1S/C12H16O/c1-9-4-5-10-6-7-12(2,3)13-11(10)8-9/h4-5,8H,6-7H2,1-3H3. The zero-order valence-electron chi connectivity index (χ0n) is 8.55. The summed E-state index contributed by atoms with van der Waals surface area (Å²) >= 11 is 0. The van der Waals surface area contributed by atoms with E-state index in [1.807, 2.05) is 0 Å². The summed E-state index contributed by atoms with van der Waals surface area (Å²) in [5, 5.41) is 0. The number of benzene rings is 1. The van der Waals surface area contributed by atoms with Crippen molar-refractivity contribution >= 4 is 0 Å². The van der Waals surface area contributed by atoms with Crippen LogP contribution in [0.4, 0.5) is 0 Å². The zero-order valence-corrected chi connectivity index (χ0v) is 8.55. The molecule has 0 radical (unpaired) electrons. The Labute approximate surface area is 79.7 Å². The number of fused-ring (bicyclic) bond motifs is 1. The smallest absolute Gasteiger partial charge is 0.123 e. The minimum absolute atomic E-state index is 0.0147. The number of rotatable bonds is 0. The highest BCUT2D eigenvalue weighted by Crippen LogP contribution is 2.33. The Morgan fingerprint density at radius 2 is 2.08 bits per heavy atom. The van der Waals surface area contributed by atoms with Crippen LogP contribution < -0.4 is 4.74 Å². The van der Waals surface area contributed by atoms with Gasteiger partial charge in [-0.25, -0.2) is 0 Å². The van der Waals surface area contributed by atoms with Crippen LogP contribution in [0.1, 0.15) is 31.4 Å². The van der Waals surface area contributed by atoms with E-state index in [1.165, 1.54) is 11.1 Å². The van der Waals surface area contributed by atoms with E-state index in [-0.39, 0.29) is 5.60 Å². The van der Waals surface area contributed by atoms with Gasteiger partial charge in [-0.3, -0.25) is 0 Å². The summed E-state index contributed by atoms with van der Waals surface area (Å²) in [6, 6.07) is 6.47. The van der Waals surface area contributed by atoms with Gasteiger partial charge in [0.25, 0.3) is 0 Å².